The van der Waals surface area contributed by atoms with Gasteiger partial charge in [-0.3, -0.25) is 9.69 Å². The number of morpholine rings is 1. The molecule has 2 fully saturated rings. The summed E-state index contributed by atoms with van der Waals surface area (Å²) < 4.78 is 5.41. The van der Waals surface area contributed by atoms with Gasteiger partial charge in [0.2, 0.25) is 5.91 Å². The molecule has 1 aromatic carbocycles. The van der Waals surface area contributed by atoms with Crippen molar-refractivity contribution in [2.75, 3.05) is 31.6 Å². The zero-order valence-corrected chi connectivity index (χ0v) is 16.1. The van der Waals surface area contributed by atoms with Crippen LogP contribution in [0.1, 0.15) is 12.8 Å². The zero-order chi connectivity index (χ0) is 19.6. The average Bonchev–Trinajstić information content (AvgIpc) is 2.73. The molecule has 3 aromatic rings. The molecule has 1 aliphatic carbocycles. The summed E-state index contributed by atoms with van der Waals surface area (Å²) in [5.74, 6) is 0.714. The number of pyridine rings is 1. The Kier molecular flexibility index (Phi) is 4.91. The lowest BCUT2D eigenvalue weighted by molar-refractivity contribution is -0.125. The summed E-state index contributed by atoms with van der Waals surface area (Å²) in [4.78, 5) is 19.5. The Balaban J connectivity index is 1.26. The van der Waals surface area contributed by atoms with Gasteiger partial charge in [-0.25, -0.2) is 4.98 Å². The maximum Gasteiger partial charge on any atom is 0.228 e. The van der Waals surface area contributed by atoms with Gasteiger partial charge in [-0.15, -0.1) is 0 Å². The van der Waals surface area contributed by atoms with E-state index in [2.05, 4.69) is 31.5 Å². The van der Waals surface area contributed by atoms with E-state index < -0.39 is 0 Å². The summed E-state index contributed by atoms with van der Waals surface area (Å²) >= 11 is 0. The first-order chi connectivity index (χ1) is 14.3. The predicted octanol–water partition coefficient (Wildman–Crippen LogP) is 2.74. The fourth-order valence-corrected chi connectivity index (χ4v) is 4.10. The Bertz CT molecular complexity index is 1010. The number of rotatable bonds is 4. The van der Waals surface area contributed by atoms with E-state index in [4.69, 9.17) is 4.74 Å². The van der Waals surface area contributed by atoms with E-state index in [-0.39, 0.29) is 11.8 Å². The van der Waals surface area contributed by atoms with Crippen LogP contribution in [0, 0.1) is 5.92 Å². The number of anilines is 1. The van der Waals surface area contributed by atoms with Crippen molar-refractivity contribution >= 4 is 22.5 Å². The van der Waals surface area contributed by atoms with Gasteiger partial charge in [0.25, 0.3) is 0 Å². The van der Waals surface area contributed by atoms with E-state index in [1.54, 1.807) is 12.4 Å². The van der Waals surface area contributed by atoms with Gasteiger partial charge in [0.05, 0.1) is 18.9 Å². The quantitative estimate of drug-likeness (QED) is 0.739. The molecule has 1 amide bonds. The lowest BCUT2D eigenvalue weighted by atomic mass is 9.78. The lowest BCUT2D eigenvalue weighted by Gasteiger charge is -2.43. The fraction of sp³-hybridized carbons (Fsp3) is 0.364. The lowest BCUT2D eigenvalue weighted by Crippen LogP contribution is -2.52. The molecular formula is C22H23N5O2. The van der Waals surface area contributed by atoms with Crippen molar-refractivity contribution in [3.8, 4) is 11.3 Å². The molecule has 2 aliphatic rings. The molecule has 0 spiro atoms. The van der Waals surface area contributed by atoms with E-state index in [1.807, 2.05) is 30.3 Å². The number of aromatic nitrogens is 3. The molecule has 1 aliphatic heterocycles. The van der Waals surface area contributed by atoms with E-state index in [9.17, 15) is 4.79 Å². The average molecular weight is 389 g/mol. The van der Waals surface area contributed by atoms with Crippen molar-refractivity contribution in [3.63, 3.8) is 0 Å². The summed E-state index contributed by atoms with van der Waals surface area (Å²) in [5.41, 5.74) is 1.81. The Morgan fingerprint density at radius 2 is 1.97 bits per heavy atom. The van der Waals surface area contributed by atoms with Gasteiger partial charge in [0, 0.05) is 48.4 Å². The van der Waals surface area contributed by atoms with Crippen molar-refractivity contribution in [3.05, 3.63) is 48.8 Å². The number of hydrogen-bond donors (Lipinski definition) is 1. The first-order valence-electron chi connectivity index (χ1n) is 10.1. The van der Waals surface area contributed by atoms with Crippen LogP contribution in [0.2, 0.25) is 0 Å². The van der Waals surface area contributed by atoms with Crippen molar-refractivity contribution in [1.29, 1.82) is 0 Å². The van der Waals surface area contributed by atoms with Gasteiger partial charge in [-0.05, 0) is 42.5 Å². The van der Waals surface area contributed by atoms with Crippen LogP contribution in [0.3, 0.4) is 0 Å². The highest BCUT2D eigenvalue weighted by Crippen LogP contribution is 2.33. The molecule has 1 saturated heterocycles. The molecule has 0 radical (unpaired) electrons. The molecule has 0 bridgehead atoms. The van der Waals surface area contributed by atoms with Gasteiger partial charge in [-0.1, -0.05) is 12.1 Å². The summed E-state index contributed by atoms with van der Waals surface area (Å²) in [7, 11) is 0. The first-order valence-corrected chi connectivity index (χ1v) is 10.1. The van der Waals surface area contributed by atoms with Crippen molar-refractivity contribution in [1.82, 2.24) is 20.1 Å². The van der Waals surface area contributed by atoms with Crippen LogP contribution in [0.5, 0.6) is 0 Å². The van der Waals surface area contributed by atoms with Crippen LogP contribution >= 0.6 is 0 Å². The Labute approximate surface area is 169 Å². The van der Waals surface area contributed by atoms with Crippen LogP contribution < -0.4 is 5.32 Å². The third-order valence-electron chi connectivity index (χ3n) is 5.89. The number of amides is 1. The molecule has 29 heavy (non-hydrogen) atoms. The largest absolute Gasteiger partial charge is 0.379 e. The smallest absolute Gasteiger partial charge is 0.228 e. The van der Waals surface area contributed by atoms with Crippen LogP contribution in [0.4, 0.5) is 5.82 Å². The van der Waals surface area contributed by atoms with Crippen LogP contribution in [-0.2, 0) is 9.53 Å². The van der Waals surface area contributed by atoms with Gasteiger partial charge < -0.3 is 10.1 Å². The third-order valence-corrected chi connectivity index (χ3v) is 5.89. The fourth-order valence-electron chi connectivity index (χ4n) is 4.10. The Hall–Kier alpha value is -2.90. The van der Waals surface area contributed by atoms with Crippen LogP contribution in [0.25, 0.3) is 22.0 Å². The molecular weight excluding hydrogens is 366 g/mol. The van der Waals surface area contributed by atoms with E-state index in [0.717, 1.165) is 61.2 Å². The number of ether oxygens (including phenoxy) is 1. The van der Waals surface area contributed by atoms with Crippen LogP contribution in [0.15, 0.2) is 48.8 Å². The molecule has 0 atom stereocenters. The number of benzene rings is 1. The highest BCUT2D eigenvalue weighted by molar-refractivity contribution is 5.95. The van der Waals surface area contributed by atoms with Gasteiger partial charge in [-0.2, -0.15) is 10.2 Å². The molecule has 1 N–H and O–H groups in total. The summed E-state index contributed by atoms with van der Waals surface area (Å²) in [6, 6.07) is 12.3. The molecule has 0 unspecified atom stereocenters. The number of nitrogens with zero attached hydrogens (tertiary/aromatic N) is 4. The third kappa shape index (κ3) is 3.83. The second-order valence-electron chi connectivity index (χ2n) is 7.70. The summed E-state index contributed by atoms with van der Waals surface area (Å²) in [6.45, 7) is 3.54. The van der Waals surface area contributed by atoms with Gasteiger partial charge in [0.15, 0.2) is 0 Å². The number of carbonyl (C=O) groups is 1. The zero-order valence-electron chi connectivity index (χ0n) is 16.1. The highest BCUT2D eigenvalue weighted by atomic mass is 16.5. The molecule has 7 heteroatoms. The number of hydrogen-bond acceptors (Lipinski definition) is 6. The molecule has 3 heterocycles. The Morgan fingerprint density at radius 1 is 1.10 bits per heavy atom. The molecule has 7 nitrogen and oxygen atoms in total. The highest BCUT2D eigenvalue weighted by Gasteiger charge is 2.38. The molecule has 2 aromatic heterocycles. The number of carbonyl (C=O) groups excluding carboxylic acids is 1. The second kappa shape index (κ2) is 7.85. The topological polar surface area (TPSA) is 80.2 Å². The normalized spacial score (nSPS) is 22.2. The SMILES string of the molecule is O=C(Nc1cc2cc(-c3cccnn3)ccc2cn1)[C@H]1C[C@H](N2CCOCC2)C1. The molecule has 148 valence electrons. The summed E-state index contributed by atoms with van der Waals surface area (Å²) in [5, 5.41) is 13.1. The second-order valence-corrected chi connectivity index (χ2v) is 7.70. The standard InChI is InChI=1S/C22H23N5O2/c28-22(18-11-19(12-18)27-6-8-29-9-7-27)25-21-13-17-10-15(3-4-16(17)14-23-21)20-2-1-5-24-26-20/h1-5,10,13-14,18-19H,6-9,11-12H2,(H,23,25,28)/t18-,19-. The van der Waals surface area contributed by atoms with E-state index in [0.29, 0.717) is 11.9 Å². The van der Waals surface area contributed by atoms with Gasteiger partial charge >= 0.3 is 0 Å². The Morgan fingerprint density at radius 3 is 2.76 bits per heavy atom. The van der Waals surface area contributed by atoms with E-state index >= 15 is 0 Å². The molecule has 5 rings (SSSR count). The molecule has 1 saturated carbocycles. The van der Waals surface area contributed by atoms with Crippen molar-refractivity contribution in [2.45, 2.75) is 18.9 Å². The minimum atomic E-state index is 0.0614. The minimum Gasteiger partial charge on any atom is -0.379 e. The first kappa shape index (κ1) is 18.1. The summed E-state index contributed by atoms with van der Waals surface area (Å²) in [6.07, 6.45) is 5.28. The van der Waals surface area contributed by atoms with Gasteiger partial charge in [0.1, 0.15) is 5.82 Å². The number of fused-ring (bicyclic) bond motifs is 1. The number of nitrogens with one attached hydrogen (secondary N) is 1. The van der Waals surface area contributed by atoms with Crippen LogP contribution in [-0.4, -0.2) is 58.3 Å². The predicted molar refractivity (Wildman–Crippen MR) is 110 cm³/mol. The van der Waals surface area contributed by atoms with E-state index in [1.165, 1.54) is 0 Å². The monoisotopic (exact) mass is 389 g/mol. The maximum atomic E-state index is 12.6. The maximum absolute atomic E-state index is 12.6. The minimum absolute atomic E-state index is 0.0614. The van der Waals surface area contributed by atoms with Crippen molar-refractivity contribution in [2.24, 2.45) is 5.92 Å². The van der Waals surface area contributed by atoms with Crippen molar-refractivity contribution < 1.29 is 9.53 Å².